The van der Waals surface area contributed by atoms with Crippen molar-refractivity contribution in [1.82, 2.24) is 9.55 Å². The fourth-order valence-corrected chi connectivity index (χ4v) is 1.96. The SMILES string of the molecule is Cc1cc(=O)n(Cc2cc(C(=O)O)ccc2F)c(C)n1. The minimum Gasteiger partial charge on any atom is -0.478 e. The van der Waals surface area contributed by atoms with Gasteiger partial charge in [-0.05, 0) is 32.0 Å². The standard InChI is InChI=1S/C14H13FN2O3/c1-8-5-13(18)17(9(2)16-8)7-11-6-10(14(19)20)3-4-12(11)15/h3-6H,7H2,1-2H3,(H,19,20). The highest BCUT2D eigenvalue weighted by Gasteiger charge is 2.11. The van der Waals surface area contributed by atoms with Gasteiger partial charge in [0.05, 0.1) is 12.1 Å². The third kappa shape index (κ3) is 2.74. The molecular weight excluding hydrogens is 263 g/mol. The van der Waals surface area contributed by atoms with Crippen molar-refractivity contribution in [3.8, 4) is 0 Å². The number of carbonyl (C=O) groups is 1. The van der Waals surface area contributed by atoms with Crippen molar-refractivity contribution >= 4 is 5.97 Å². The molecule has 0 unspecified atom stereocenters. The maximum absolute atomic E-state index is 13.7. The first-order valence-electron chi connectivity index (χ1n) is 5.95. The molecule has 20 heavy (non-hydrogen) atoms. The lowest BCUT2D eigenvalue weighted by atomic mass is 10.1. The van der Waals surface area contributed by atoms with Crippen LogP contribution in [0, 0.1) is 19.7 Å². The molecule has 1 aromatic heterocycles. The molecule has 0 atom stereocenters. The highest BCUT2D eigenvalue weighted by Crippen LogP contribution is 2.12. The maximum Gasteiger partial charge on any atom is 0.335 e. The van der Waals surface area contributed by atoms with E-state index in [1.807, 2.05) is 0 Å². The van der Waals surface area contributed by atoms with Crippen LogP contribution in [0.1, 0.15) is 27.4 Å². The van der Waals surface area contributed by atoms with Gasteiger partial charge in [0.2, 0.25) is 0 Å². The van der Waals surface area contributed by atoms with Crippen molar-refractivity contribution in [2.45, 2.75) is 20.4 Å². The molecule has 1 N–H and O–H groups in total. The van der Waals surface area contributed by atoms with E-state index < -0.39 is 11.8 Å². The van der Waals surface area contributed by atoms with Crippen LogP contribution in [0.5, 0.6) is 0 Å². The smallest absolute Gasteiger partial charge is 0.335 e. The van der Waals surface area contributed by atoms with Gasteiger partial charge in [0, 0.05) is 17.3 Å². The predicted octanol–water partition coefficient (Wildman–Crippen LogP) is 1.75. The highest BCUT2D eigenvalue weighted by atomic mass is 19.1. The summed E-state index contributed by atoms with van der Waals surface area (Å²) in [4.78, 5) is 26.9. The molecule has 0 saturated heterocycles. The van der Waals surface area contributed by atoms with E-state index >= 15 is 0 Å². The van der Waals surface area contributed by atoms with Gasteiger partial charge in [-0.15, -0.1) is 0 Å². The first-order valence-corrected chi connectivity index (χ1v) is 5.95. The zero-order valence-corrected chi connectivity index (χ0v) is 11.1. The maximum atomic E-state index is 13.7. The minimum atomic E-state index is -1.14. The predicted molar refractivity (Wildman–Crippen MR) is 70.4 cm³/mol. The molecule has 0 amide bonds. The Hall–Kier alpha value is -2.50. The van der Waals surface area contributed by atoms with E-state index in [-0.39, 0.29) is 23.2 Å². The Bertz CT molecular complexity index is 738. The second kappa shape index (κ2) is 5.24. The van der Waals surface area contributed by atoms with E-state index in [1.54, 1.807) is 13.8 Å². The van der Waals surface area contributed by atoms with Crippen molar-refractivity contribution < 1.29 is 14.3 Å². The van der Waals surface area contributed by atoms with Crippen LogP contribution >= 0.6 is 0 Å². The average Bonchev–Trinajstić information content (AvgIpc) is 2.35. The number of rotatable bonds is 3. The van der Waals surface area contributed by atoms with Crippen LogP contribution in [0.4, 0.5) is 4.39 Å². The Morgan fingerprint density at radius 2 is 2.05 bits per heavy atom. The second-order valence-electron chi connectivity index (χ2n) is 4.48. The molecule has 0 aliphatic carbocycles. The van der Waals surface area contributed by atoms with Gasteiger partial charge in [-0.3, -0.25) is 9.36 Å². The van der Waals surface area contributed by atoms with E-state index in [4.69, 9.17) is 5.11 Å². The molecule has 2 aromatic rings. The van der Waals surface area contributed by atoms with Crippen LogP contribution in [0.2, 0.25) is 0 Å². The van der Waals surface area contributed by atoms with Crippen molar-refractivity contribution in [2.75, 3.05) is 0 Å². The number of carboxylic acids is 1. The molecular formula is C14H13FN2O3. The first-order chi connectivity index (χ1) is 9.38. The summed E-state index contributed by atoms with van der Waals surface area (Å²) in [6.07, 6.45) is 0. The number of hydrogen-bond donors (Lipinski definition) is 1. The van der Waals surface area contributed by atoms with E-state index in [2.05, 4.69) is 4.98 Å². The second-order valence-corrected chi connectivity index (χ2v) is 4.48. The Morgan fingerprint density at radius 3 is 2.65 bits per heavy atom. The Morgan fingerprint density at radius 1 is 1.35 bits per heavy atom. The number of aromatic nitrogens is 2. The van der Waals surface area contributed by atoms with Crippen molar-refractivity contribution in [3.63, 3.8) is 0 Å². The monoisotopic (exact) mass is 276 g/mol. The van der Waals surface area contributed by atoms with Crippen molar-refractivity contribution in [2.24, 2.45) is 0 Å². The fourth-order valence-electron chi connectivity index (χ4n) is 1.96. The Balaban J connectivity index is 2.47. The third-order valence-electron chi connectivity index (χ3n) is 2.95. The molecule has 0 saturated carbocycles. The van der Waals surface area contributed by atoms with Crippen LogP contribution in [0.15, 0.2) is 29.1 Å². The molecule has 104 valence electrons. The number of aromatic carboxylic acids is 1. The van der Waals surface area contributed by atoms with Crippen molar-refractivity contribution in [1.29, 1.82) is 0 Å². The summed E-state index contributed by atoms with van der Waals surface area (Å²) in [5.74, 6) is -1.24. The van der Waals surface area contributed by atoms with Gasteiger partial charge >= 0.3 is 5.97 Å². The highest BCUT2D eigenvalue weighted by molar-refractivity contribution is 5.87. The molecule has 0 spiro atoms. The zero-order chi connectivity index (χ0) is 14.9. The van der Waals surface area contributed by atoms with Gasteiger partial charge < -0.3 is 5.11 Å². The lowest BCUT2D eigenvalue weighted by Crippen LogP contribution is -2.24. The Labute approximate surface area is 114 Å². The van der Waals surface area contributed by atoms with E-state index in [1.165, 1.54) is 22.8 Å². The molecule has 6 heteroatoms. The summed E-state index contributed by atoms with van der Waals surface area (Å²) in [6.45, 7) is 3.29. The van der Waals surface area contributed by atoms with Crippen LogP contribution < -0.4 is 5.56 Å². The van der Waals surface area contributed by atoms with Gasteiger partial charge in [-0.25, -0.2) is 14.2 Å². The number of nitrogens with zero attached hydrogens (tertiary/aromatic N) is 2. The van der Waals surface area contributed by atoms with Crippen LogP contribution in [-0.4, -0.2) is 20.6 Å². The lowest BCUT2D eigenvalue weighted by Gasteiger charge is -2.11. The molecule has 0 aliphatic rings. The summed E-state index contributed by atoms with van der Waals surface area (Å²) in [5.41, 5.74) is 0.409. The average molecular weight is 276 g/mol. The molecule has 5 nitrogen and oxygen atoms in total. The normalized spacial score (nSPS) is 10.6. The van der Waals surface area contributed by atoms with Crippen LogP contribution in [0.3, 0.4) is 0 Å². The summed E-state index contributed by atoms with van der Waals surface area (Å²) in [7, 11) is 0. The third-order valence-corrected chi connectivity index (χ3v) is 2.95. The fraction of sp³-hybridized carbons (Fsp3) is 0.214. The molecule has 1 heterocycles. The lowest BCUT2D eigenvalue weighted by molar-refractivity contribution is 0.0696. The number of hydrogen-bond acceptors (Lipinski definition) is 3. The van der Waals surface area contributed by atoms with Crippen LogP contribution in [-0.2, 0) is 6.54 Å². The summed E-state index contributed by atoms with van der Waals surface area (Å²) >= 11 is 0. The molecule has 0 aliphatic heterocycles. The molecule has 0 fully saturated rings. The van der Waals surface area contributed by atoms with Gasteiger partial charge in [0.15, 0.2) is 0 Å². The number of halogens is 1. The number of aryl methyl sites for hydroxylation is 2. The topological polar surface area (TPSA) is 72.2 Å². The van der Waals surface area contributed by atoms with E-state index in [9.17, 15) is 14.0 Å². The van der Waals surface area contributed by atoms with Crippen LogP contribution in [0.25, 0.3) is 0 Å². The number of benzene rings is 1. The largest absolute Gasteiger partial charge is 0.478 e. The van der Waals surface area contributed by atoms with E-state index in [0.717, 1.165) is 6.07 Å². The molecule has 0 radical (unpaired) electrons. The summed E-state index contributed by atoms with van der Waals surface area (Å²) in [6, 6.07) is 4.85. The van der Waals surface area contributed by atoms with Gasteiger partial charge in [0.1, 0.15) is 11.6 Å². The van der Waals surface area contributed by atoms with Gasteiger partial charge in [-0.1, -0.05) is 0 Å². The first kappa shape index (κ1) is 13.9. The summed E-state index contributed by atoms with van der Waals surface area (Å²) < 4.78 is 15.0. The zero-order valence-electron chi connectivity index (χ0n) is 11.1. The molecule has 1 aromatic carbocycles. The Kier molecular flexibility index (Phi) is 3.65. The number of carboxylic acid groups (broad SMARTS) is 1. The van der Waals surface area contributed by atoms with Gasteiger partial charge in [-0.2, -0.15) is 0 Å². The summed E-state index contributed by atoms with van der Waals surface area (Å²) in [5, 5.41) is 8.91. The van der Waals surface area contributed by atoms with Crippen molar-refractivity contribution in [3.05, 3.63) is 63.1 Å². The van der Waals surface area contributed by atoms with E-state index in [0.29, 0.717) is 11.5 Å². The molecule has 2 rings (SSSR count). The minimum absolute atomic E-state index is 0.0211. The van der Waals surface area contributed by atoms with Gasteiger partial charge in [0.25, 0.3) is 5.56 Å². The molecule has 0 bridgehead atoms. The quantitative estimate of drug-likeness (QED) is 0.927.